The zero-order valence-corrected chi connectivity index (χ0v) is 21.5. The number of rotatable bonds is 11. The molecule has 188 valence electrons. The number of benzene rings is 1. The van der Waals surface area contributed by atoms with E-state index in [2.05, 4.69) is 4.98 Å². The third-order valence-corrected chi connectivity index (χ3v) is 5.14. The second kappa shape index (κ2) is 11.5. The van der Waals surface area contributed by atoms with Gasteiger partial charge in [0.25, 0.3) is 0 Å². The lowest BCUT2D eigenvalue weighted by molar-refractivity contribution is -0.158. The van der Waals surface area contributed by atoms with Crippen LogP contribution in [-0.4, -0.2) is 45.3 Å². The normalized spacial score (nSPS) is 12.0. The molecule has 8 heteroatoms. The minimum absolute atomic E-state index is 0.140. The smallest absolute Gasteiger partial charge is 0.338 e. The predicted octanol–water partition coefficient (Wildman–Crippen LogP) is 5.14. The molecule has 0 saturated carbocycles. The van der Waals surface area contributed by atoms with Crippen LogP contribution in [0.25, 0.3) is 11.0 Å². The van der Waals surface area contributed by atoms with Gasteiger partial charge in [-0.15, -0.1) is 0 Å². The molecule has 34 heavy (non-hydrogen) atoms. The average molecular weight is 475 g/mol. The van der Waals surface area contributed by atoms with Crippen molar-refractivity contribution in [2.45, 2.75) is 98.3 Å². The number of hydrogen-bond acceptors (Lipinski definition) is 7. The summed E-state index contributed by atoms with van der Waals surface area (Å²) in [5.74, 6) is -0.112. The maximum atomic E-state index is 12.5. The summed E-state index contributed by atoms with van der Waals surface area (Å²) < 4.78 is 18.2. The molecule has 0 aliphatic heterocycles. The third-order valence-electron chi connectivity index (χ3n) is 5.14. The summed E-state index contributed by atoms with van der Waals surface area (Å²) >= 11 is 0. The minimum atomic E-state index is -0.703. The van der Waals surface area contributed by atoms with Crippen LogP contribution in [0.15, 0.2) is 18.2 Å². The van der Waals surface area contributed by atoms with Crippen LogP contribution < -0.4 is 0 Å². The summed E-state index contributed by atoms with van der Waals surface area (Å²) in [5, 5.41) is 0. The van der Waals surface area contributed by atoms with E-state index in [0.29, 0.717) is 43.3 Å². The Balaban J connectivity index is 1.94. The molecule has 0 N–H and O–H groups in total. The van der Waals surface area contributed by atoms with Crippen molar-refractivity contribution < 1.29 is 28.6 Å². The van der Waals surface area contributed by atoms with Crippen molar-refractivity contribution in [3.63, 3.8) is 0 Å². The van der Waals surface area contributed by atoms with E-state index in [4.69, 9.17) is 14.2 Å². The largest absolute Gasteiger partial charge is 0.462 e. The van der Waals surface area contributed by atoms with Gasteiger partial charge in [0.1, 0.15) is 17.0 Å². The lowest BCUT2D eigenvalue weighted by Gasteiger charge is -2.24. The zero-order chi connectivity index (χ0) is 25.5. The maximum absolute atomic E-state index is 12.5. The fourth-order valence-corrected chi connectivity index (χ4v) is 3.52. The van der Waals surface area contributed by atoms with E-state index < -0.39 is 17.2 Å². The molecule has 2 rings (SSSR count). The SMILES string of the molecule is CCCC(=O)OC(C)(C)CCOC(=O)c1ccc2c(c1)nc(C)n2CCCC(=O)OC(C)(C)C. The highest BCUT2D eigenvalue weighted by Crippen LogP contribution is 2.21. The van der Waals surface area contributed by atoms with Gasteiger partial charge in [-0.3, -0.25) is 9.59 Å². The van der Waals surface area contributed by atoms with Gasteiger partial charge in [-0.05, 0) is 72.6 Å². The number of imidazole rings is 1. The highest BCUT2D eigenvalue weighted by Gasteiger charge is 2.23. The average Bonchev–Trinajstić information content (AvgIpc) is 3.00. The maximum Gasteiger partial charge on any atom is 0.338 e. The predicted molar refractivity (Wildman–Crippen MR) is 130 cm³/mol. The van der Waals surface area contributed by atoms with Crippen molar-refractivity contribution in [2.24, 2.45) is 0 Å². The van der Waals surface area contributed by atoms with Crippen LogP contribution in [0.1, 0.15) is 89.8 Å². The number of carbonyl (C=O) groups excluding carboxylic acids is 3. The number of hydrogen-bond donors (Lipinski definition) is 0. The molecular formula is C26H38N2O6. The molecular weight excluding hydrogens is 436 g/mol. The van der Waals surface area contributed by atoms with E-state index in [1.54, 1.807) is 26.0 Å². The summed E-state index contributed by atoms with van der Waals surface area (Å²) in [7, 11) is 0. The molecule has 0 atom stereocenters. The number of esters is 3. The molecule has 1 aromatic carbocycles. The Kier molecular flexibility index (Phi) is 9.24. The third kappa shape index (κ3) is 8.47. The molecule has 0 aliphatic rings. The van der Waals surface area contributed by atoms with Crippen LogP contribution in [-0.2, 0) is 30.3 Å². The van der Waals surface area contributed by atoms with Gasteiger partial charge in [-0.25, -0.2) is 9.78 Å². The first-order chi connectivity index (χ1) is 15.8. The summed E-state index contributed by atoms with van der Waals surface area (Å²) in [5.41, 5.74) is 0.799. The van der Waals surface area contributed by atoms with Crippen LogP contribution in [0.4, 0.5) is 0 Å². The van der Waals surface area contributed by atoms with Crippen LogP contribution in [0.2, 0.25) is 0 Å². The molecule has 1 heterocycles. The number of aromatic nitrogens is 2. The fourth-order valence-electron chi connectivity index (χ4n) is 3.52. The van der Waals surface area contributed by atoms with Crippen molar-refractivity contribution in [1.29, 1.82) is 0 Å². The second-order valence-corrected chi connectivity index (χ2v) is 10.1. The van der Waals surface area contributed by atoms with E-state index in [9.17, 15) is 14.4 Å². The first kappa shape index (κ1) is 27.3. The lowest BCUT2D eigenvalue weighted by atomic mass is 10.1. The highest BCUT2D eigenvalue weighted by atomic mass is 16.6. The Bertz CT molecular complexity index is 1020. The molecule has 0 saturated heterocycles. The minimum Gasteiger partial charge on any atom is -0.462 e. The molecule has 8 nitrogen and oxygen atoms in total. The van der Waals surface area contributed by atoms with Crippen molar-refractivity contribution in [3.05, 3.63) is 29.6 Å². The fraction of sp³-hybridized carbons (Fsp3) is 0.615. The Morgan fingerprint density at radius 1 is 1.00 bits per heavy atom. The molecule has 0 spiro atoms. The van der Waals surface area contributed by atoms with Crippen LogP contribution in [0.5, 0.6) is 0 Å². The van der Waals surface area contributed by atoms with Gasteiger partial charge in [0, 0.05) is 25.8 Å². The summed E-state index contributed by atoms with van der Waals surface area (Å²) in [6, 6.07) is 5.26. The Morgan fingerprint density at radius 3 is 2.32 bits per heavy atom. The molecule has 0 aliphatic carbocycles. The zero-order valence-electron chi connectivity index (χ0n) is 21.5. The van der Waals surface area contributed by atoms with Gasteiger partial charge in [0.2, 0.25) is 0 Å². The highest BCUT2D eigenvalue weighted by molar-refractivity contribution is 5.93. The Labute approximate surface area is 202 Å². The van der Waals surface area contributed by atoms with Gasteiger partial charge < -0.3 is 18.8 Å². The number of ether oxygens (including phenoxy) is 3. The number of aryl methyl sites for hydroxylation is 2. The van der Waals surface area contributed by atoms with Crippen LogP contribution in [0, 0.1) is 6.92 Å². The van der Waals surface area contributed by atoms with E-state index in [-0.39, 0.29) is 18.5 Å². The van der Waals surface area contributed by atoms with Crippen molar-refractivity contribution >= 4 is 28.9 Å². The van der Waals surface area contributed by atoms with E-state index >= 15 is 0 Å². The van der Waals surface area contributed by atoms with Gasteiger partial charge in [-0.1, -0.05) is 6.92 Å². The topological polar surface area (TPSA) is 96.7 Å². The molecule has 0 radical (unpaired) electrons. The molecule has 0 unspecified atom stereocenters. The van der Waals surface area contributed by atoms with Crippen molar-refractivity contribution in [3.8, 4) is 0 Å². The van der Waals surface area contributed by atoms with E-state index in [1.165, 1.54) is 0 Å². The van der Waals surface area contributed by atoms with Gasteiger partial charge in [-0.2, -0.15) is 0 Å². The molecule has 2 aromatic rings. The number of carbonyl (C=O) groups is 3. The first-order valence-corrected chi connectivity index (χ1v) is 11.9. The number of nitrogens with zero attached hydrogens (tertiary/aromatic N) is 2. The van der Waals surface area contributed by atoms with Gasteiger partial charge >= 0.3 is 17.9 Å². The Hall–Kier alpha value is -2.90. The van der Waals surface area contributed by atoms with Gasteiger partial charge in [0.15, 0.2) is 0 Å². The first-order valence-electron chi connectivity index (χ1n) is 11.9. The van der Waals surface area contributed by atoms with E-state index in [0.717, 1.165) is 17.8 Å². The van der Waals surface area contributed by atoms with Crippen molar-refractivity contribution in [2.75, 3.05) is 6.61 Å². The molecule has 1 aromatic heterocycles. The van der Waals surface area contributed by atoms with Crippen LogP contribution in [0.3, 0.4) is 0 Å². The standard InChI is InChI=1S/C26H38N2O6/c1-8-10-22(29)34-26(6,7)14-16-32-24(31)19-12-13-21-20(17-19)27-18(2)28(21)15-9-11-23(30)33-25(3,4)5/h12-13,17H,8-11,14-16H2,1-7H3. The summed E-state index contributed by atoms with van der Waals surface area (Å²) in [6.07, 6.45) is 2.46. The van der Waals surface area contributed by atoms with E-state index in [1.807, 2.05) is 45.3 Å². The molecule has 0 bridgehead atoms. The van der Waals surface area contributed by atoms with Crippen molar-refractivity contribution in [1.82, 2.24) is 9.55 Å². The lowest BCUT2D eigenvalue weighted by Crippen LogP contribution is -2.30. The second-order valence-electron chi connectivity index (χ2n) is 10.1. The molecule has 0 fully saturated rings. The monoisotopic (exact) mass is 474 g/mol. The van der Waals surface area contributed by atoms with Gasteiger partial charge in [0.05, 0.1) is 23.2 Å². The quantitative estimate of drug-likeness (QED) is 0.329. The van der Waals surface area contributed by atoms with Crippen LogP contribution >= 0.6 is 0 Å². The molecule has 0 amide bonds. The Morgan fingerprint density at radius 2 is 1.68 bits per heavy atom. The number of fused-ring (bicyclic) bond motifs is 1. The summed E-state index contributed by atoms with van der Waals surface area (Å²) in [6.45, 7) is 13.7. The summed E-state index contributed by atoms with van der Waals surface area (Å²) in [4.78, 5) is 40.8.